The predicted molar refractivity (Wildman–Crippen MR) is 151 cm³/mol. The number of carbonyl (C=O) groups is 1. The predicted octanol–water partition coefficient (Wildman–Crippen LogP) is 6.33. The van der Waals surface area contributed by atoms with Gasteiger partial charge >= 0.3 is 0 Å². The maximum atomic E-state index is 14.1. The average Bonchev–Trinajstić information content (AvgIpc) is 3.31. The molecule has 2 heterocycles. The molecule has 37 heavy (non-hydrogen) atoms. The second-order valence-corrected chi connectivity index (χ2v) is 11.2. The van der Waals surface area contributed by atoms with Crippen LogP contribution in [0.4, 0.5) is 5.69 Å². The summed E-state index contributed by atoms with van der Waals surface area (Å²) in [5.74, 6) is 0.0169. The van der Waals surface area contributed by atoms with Crippen molar-refractivity contribution in [1.29, 1.82) is 0 Å². The number of para-hydroxylation sites is 1. The van der Waals surface area contributed by atoms with Crippen molar-refractivity contribution in [3.63, 3.8) is 0 Å². The molecule has 0 unspecified atom stereocenters. The van der Waals surface area contributed by atoms with Gasteiger partial charge in [0, 0.05) is 34.2 Å². The molecule has 4 aromatic rings. The molecule has 1 aliphatic heterocycles. The summed E-state index contributed by atoms with van der Waals surface area (Å²) in [6, 6.07) is 24.6. The van der Waals surface area contributed by atoms with Gasteiger partial charge in [0.15, 0.2) is 0 Å². The molecule has 1 spiro atoms. The third kappa shape index (κ3) is 3.67. The van der Waals surface area contributed by atoms with Crippen molar-refractivity contribution < 1.29 is 4.79 Å². The van der Waals surface area contributed by atoms with Gasteiger partial charge in [-0.1, -0.05) is 60.1 Å². The SMILES string of the molecule is CN(C)C1(c2ccccc2)CCC2(CC1)c1[nH]c3ccccc3c1CCN2C(=O)c1ccc(N)c(Cl)c1. The van der Waals surface area contributed by atoms with Crippen LogP contribution in [0.2, 0.25) is 5.02 Å². The molecule has 0 bridgehead atoms. The van der Waals surface area contributed by atoms with Gasteiger partial charge in [-0.15, -0.1) is 0 Å². The Hall–Kier alpha value is -3.28. The first-order chi connectivity index (χ1) is 17.9. The standard InChI is InChI=1S/C31H33ClN4O/c1-35(2)30(22-8-4-3-5-9-22)15-17-31(18-16-30)28-24(23-10-6-7-11-27(23)34-28)14-19-36(31)29(37)21-12-13-26(33)25(32)20-21/h3-13,20,34H,14-19,33H2,1-2H3. The Bertz CT molecular complexity index is 1470. The molecule has 190 valence electrons. The summed E-state index contributed by atoms with van der Waals surface area (Å²) in [5.41, 5.74) is 11.6. The van der Waals surface area contributed by atoms with Gasteiger partial charge in [-0.25, -0.2) is 0 Å². The largest absolute Gasteiger partial charge is 0.398 e. The van der Waals surface area contributed by atoms with E-state index in [4.69, 9.17) is 17.3 Å². The highest BCUT2D eigenvalue weighted by molar-refractivity contribution is 6.33. The molecule has 1 fully saturated rings. The van der Waals surface area contributed by atoms with Crippen LogP contribution in [0.3, 0.4) is 0 Å². The van der Waals surface area contributed by atoms with Crippen LogP contribution < -0.4 is 5.73 Å². The van der Waals surface area contributed by atoms with Crippen molar-refractivity contribution in [2.24, 2.45) is 0 Å². The molecular weight excluding hydrogens is 480 g/mol. The lowest BCUT2D eigenvalue weighted by Gasteiger charge is -2.55. The maximum Gasteiger partial charge on any atom is 0.254 e. The number of nitrogens with one attached hydrogen (secondary N) is 1. The number of fused-ring (bicyclic) bond motifs is 4. The molecule has 3 N–H and O–H groups in total. The third-order valence-electron chi connectivity index (χ3n) is 8.95. The van der Waals surface area contributed by atoms with Crippen LogP contribution in [0.15, 0.2) is 72.8 Å². The number of hydrogen-bond acceptors (Lipinski definition) is 3. The van der Waals surface area contributed by atoms with Gasteiger partial charge in [-0.2, -0.15) is 0 Å². The van der Waals surface area contributed by atoms with Crippen LogP contribution in [0.25, 0.3) is 10.9 Å². The summed E-state index contributed by atoms with van der Waals surface area (Å²) in [6.45, 7) is 0.677. The zero-order valence-electron chi connectivity index (χ0n) is 21.4. The van der Waals surface area contributed by atoms with Gasteiger partial charge in [0.1, 0.15) is 0 Å². The molecule has 1 saturated carbocycles. The minimum atomic E-state index is -0.411. The fourth-order valence-electron chi connectivity index (χ4n) is 6.88. The molecule has 1 amide bonds. The van der Waals surface area contributed by atoms with E-state index in [1.165, 1.54) is 22.2 Å². The van der Waals surface area contributed by atoms with Crippen LogP contribution in [-0.2, 0) is 17.5 Å². The van der Waals surface area contributed by atoms with Gasteiger partial charge < -0.3 is 15.6 Å². The highest BCUT2D eigenvalue weighted by Gasteiger charge is 2.53. The minimum absolute atomic E-state index is 0.0169. The quantitative estimate of drug-likeness (QED) is 0.315. The first-order valence-corrected chi connectivity index (χ1v) is 13.4. The molecule has 6 rings (SSSR count). The summed E-state index contributed by atoms with van der Waals surface area (Å²) < 4.78 is 0. The number of nitrogens with two attached hydrogens (primary N) is 1. The fourth-order valence-corrected chi connectivity index (χ4v) is 7.06. The van der Waals surface area contributed by atoms with Gasteiger partial charge in [0.05, 0.1) is 16.2 Å². The average molecular weight is 513 g/mol. The summed E-state index contributed by atoms with van der Waals surface area (Å²) in [5, 5.41) is 1.69. The topological polar surface area (TPSA) is 65.4 Å². The molecule has 2 aliphatic rings. The van der Waals surface area contributed by atoms with Crippen molar-refractivity contribution >= 4 is 34.1 Å². The number of H-pyrrole nitrogens is 1. The lowest BCUT2D eigenvalue weighted by atomic mass is 9.65. The fraction of sp³-hybridized carbons (Fsp3) is 0.323. The number of aromatic amines is 1. The van der Waals surface area contributed by atoms with E-state index in [0.717, 1.165) is 37.6 Å². The van der Waals surface area contributed by atoms with Crippen molar-refractivity contribution in [2.75, 3.05) is 26.4 Å². The van der Waals surface area contributed by atoms with E-state index < -0.39 is 5.54 Å². The molecule has 1 aliphatic carbocycles. The molecule has 6 heteroatoms. The van der Waals surface area contributed by atoms with Crippen molar-refractivity contribution in [1.82, 2.24) is 14.8 Å². The molecule has 3 aromatic carbocycles. The Labute approximate surface area is 223 Å². The Balaban J connectivity index is 1.47. The van der Waals surface area contributed by atoms with E-state index in [2.05, 4.69) is 83.5 Å². The lowest BCUT2D eigenvalue weighted by Crippen LogP contribution is -2.58. The van der Waals surface area contributed by atoms with E-state index in [0.29, 0.717) is 22.8 Å². The molecular formula is C31H33ClN4O. The number of anilines is 1. The summed E-state index contributed by atoms with van der Waals surface area (Å²) >= 11 is 6.34. The number of carbonyl (C=O) groups excluding carboxylic acids is 1. The molecule has 0 saturated heterocycles. The number of halogens is 1. The Morgan fingerprint density at radius 3 is 2.38 bits per heavy atom. The van der Waals surface area contributed by atoms with Crippen LogP contribution in [0, 0.1) is 0 Å². The Morgan fingerprint density at radius 1 is 0.973 bits per heavy atom. The van der Waals surface area contributed by atoms with Gasteiger partial charge in [0.2, 0.25) is 0 Å². The lowest BCUT2D eigenvalue weighted by molar-refractivity contribution is -0.0141. The second kappa shape index (κ2) is 8.93. The zero-order chi connectivity index (χ0) is 25.8. The summed E-state index contributed by atoms with van der Waals surface area (Å²) in [7, 11) is 4.36. The second-order valence-electron chi connectivity index (χ2n) is 10.8. The Kier molecular flexibility index (Phi) is 5.81. The minimum Gasteiger partial charge on any atom is -0.398 e. The summed E-state index contributed by atoms with van der Waals surface area (Å²) in [6.07, 6.45) is 4.46. The van der Waals surface area contributed by atoms with Crippen LogP contribution in [-0.4, -0.2) is 41.3 Å². The first-order valence-electron chi connectivity index (χ1n) is 13.1. The van der Waals surface area contributed by atoms with Crippen molar-refractivity contribution in [3.8, 4) is 0 Å². The van der Waals surface area contributed by atoms with Gasteiger partial charge in [-0.05, 0) is 81.6 Å². The highest BCUT2D eigenvalue weighted by Crippen LogP contribution is 2.53. The van der Waals surface area contributed by atoms with Crippen LogP contribution >= 0.6 is 11.6 Å². The highest BCUT2D eigenvalue weighted by atomic mass is 35.5. The molecule has 5 nitrogen and oxygen atoms in total. The zero-order valence-corrected chi connectivity index (χ0v) is 22.2. The number of nitrogens with zero attached hydrogens (tertiary/aromatic N) is 2. The van der Waals surface area contributed by atoms with Gasteiger partial charge in [0.25, 0.3) is 5.91 Å². The number of nitrogen functional groups attached to an aromatic ring is 1. The number of hydrogen-bond donors (Lipinski definition) is 2. The monoisotopic (exact) mass is 512 g/mol. The van der Waals surface area contributed by atoms with E-state index >= 15 is 0 Å². The number of benzene rings is 3. The molecule has 1 aromatic heterocycles. The summed E-state index contributed by atoms with van der Waals surface area (Å²) in [4.78, 5) is 22.4. The van der Waals surface area contributed by atoms with Crippen molar-refractivity contribution in [3.05, 3.63) is 100 Å². The third-order valence-corrected chi connectivity index (χ3v) is 9.27. The molecule has 0 radical (unpaired) electrons. The number of amides is 1. The number of rotatable bonds is 3. The first kappa shape index (κ1) is 24.1. The van der Waals surface area contributed by atoms with E-state index in [-0.39, 0.29) is 11.4 Å². The van der Waals surface area contributed by atoms with E-state index in [9.17, 15) is 4.79 Å². The van der Waals surface area contributed by atoms with Crippen LogP contribution in [0.5, 0.6) is 0 Å². The van der Waals surface area contributed by atoms with E-state index in [1.807, 2.05) is 0 Å². The normalized spacial score (nSPS) is 23.5. The Morgan fingerprint density at radius 2 is 1.68 bits per heavy atom. The van der Waals surface area contributed by atoms with Crippen molar-refractivity contribution in [2.45, 2.75) is 43.2 Å². The molecule has 0 atom stereocenters. The number of aromatic nitrogens is 1. The van der Waals surface area contributed by atoms with Gasteiger partial charge in [-0.3, -0.25) is 9.69 Å². The smallest absolute Gasteiger partial charge is 0.254 e. The van der Waals surface area contributed by atoms with E-state index in [1.54, 1.807) is 18.2 Å². The maximum absolute atomic E-state index is 14.1. The van der Waals surface area contributed by atoms with Crippen LogP contribution in [0.1, 0.15) is 52.9 Å².